The van der Waals surface area contributed by atoms with Crippen LogP contribution in [0, 0.1) is 0 Å². The Kier molecular flexibility index (Phi) is 5.12. The lowest BCUT2D eigenvalue weighted by Crippen LogP contribution is -2.40. The molecule has 2 atom stereocenters. The van der Waals surface area contributed by atoms with E-state index in [1.165, 1.54) is 25.7 Å². The molecule has 2 fully saturated rings. The first-order chi connectivity index (χ1) is 10.1. The van der Waals surface area contributed by atoms with Crippen molar-refractivity contribution in [3.63, 3.8) is 0 Å². The maximum atomic E-state index is 10.4. The molecule has 3 N–H and O–H groups in total. The molecule has 21 heavy (non-hydrogen) atoms. The van der Waals surface area contributed by atoms with Crippen molar-refractivity contribution in [2.45, 2.75) is 48.0 Å². The van der Waals surface area contributed by atoms with E-state index in [2.05, 4.69) is 4.90 Å². The van der Waals surface area contributed by atoms with Gasteiger partial charge in [0.2, 0.25) is 0 Å². The van der Waals surface area contributed by atoms with Crippen molar-refractivity contribution in [1.82, 2.24) is 4.90 Å². The van der Waals surface area contributed by atoms with Crippen LogP contribution in [0.3, 0.4) is 0 Å². The number of benzene rings is 1. The van der Waals surface area contributed by atoms with E-state index in [4.69, 9.17) is 17.3 Å². The molecule has 1 heterocycles. The zero-order valence-corrected chi connectivity index (χ0v) is 13.7. The van der Waals surface area contributed by atoms with Gasteiger partial charge in [0.1, 0.15) is 0 Å². The number of thioether (sulfide) groups is 1. The van der Waals surface area contributed by atoms with E-state index in [0.29, 0.717) is 0 Å². The van der Waals surface area contributed by atoms with Crippen molar-refractivity contribution in [2.75, 3.05) is 19.6 Å². The van der Waals surface area contributed by atoms with Crippen LogP contribution in [0.5, 0.6) is 0 Å². The molecule has 1 aliphatic heterocycles. The topological polar surface area (TPSA) is 49.5 Å². The molecular formula is C16H23ClN2OS. The van der Waals surface area contributed by atoms with Crippen LogP contribution in [0.1, 0.15) is 37.4 Å². The van der Waals surface area contributed by atoms with Crippen molar-refractivity contribution in [1.29, 1.82) is 0 Å². The smallest absolute Gasteiger partial charge is 0.0953 e. The normalized spacial score (nSPS) is 22.4. The number of aliphatic hydroxyl groups excluding tert-OH is 1. The molecule has 5 heteroatoms. The van der Waals surface area contributed by atoms with Crippen LogP contribution in [0.2, 0.25) is 5.02 Å². The monoisotopic (exact) mass is 326 g/mol. The van der Waals surface area contributed by atoms with Gasteiger partial charge in [0, 0.05) is 22.7 Å². The Bertz CT molecular complexity index is 489. The van der Waals surface area contributed by atoms with E-state index in [9.17, 15) is 5.11 Å². The lowest BCUT2D eigenvalue weighted by atomic mass is 10.0. The second-order valence-corrected chi connectivity index (χ2v) is 7.87. The zero-order valence-electron chi connectivity index (χ0n) is 12.2. The van der Waals surface area contributed by atoms with Crippen LogP contribution in [0.15, 0.2) is 23.1 Å². The van der Waals surface area contributed by atoms with E-state index in [1.807, 2.05) is 30.0 Å². The van der Waals surface area contributed by atoms with Gasteiger partial charge in [-0.25, -0.2) is 0 Å². The second kappa shape index (κ2) is 6.88. The lowest BCUT2D eigenvalue weighted by Gasteiger charge is -2.24. The van der Waals surface area contributed by atoms with Gasteiger partial charge >= 0.3 is 0 Å². The van der Waals surface area contributed by atoms with Crippen molar-refractivity contribution in [3.05, 3.63) is 28.8 Å². The predicted molar refractivity (Wildman–Crippen MR) is 88.9 cm³/mol. The zero-order chi connectivity index (χ0) is 14.8. The van der Waals surface area contributed by atoms with E-state index in [0.717, 1.165) is 40.4 Å². The molecule has 3 rings (SSSR count). The largest absolute Gasteiger partial charge is 0.387 e. The molecule has 0 aromatic heterocycles. The van der Waals surface area contributed by atoms with Crippen LogP contribution >= 0.6 is 23.4 Å². The first-order valence-corrected chi connectivity index (χ1v) is 9.01. The molecule has 0 bridgehead atoms. The van der Waals surface area contributed by atoms with Crippen LogP contribution < -0.4 is 5.73 Å². The molecule has 116 valence electrons. The summed E-state index contributed by atoms with van der Waals surface area (Å²) in [5, 5.41) is 11.9. The summed E-state index contributed by atoms with van der Waals surface area (Å²) in [5.74, 6) is 0. The Morgan fingerprint density at radius 1 is 1.33 bits per heavy atom. The summed E-state index contributed by atoms with van der Waals surface area (Å²) in [6.07, 6.45) is 4.39. The number of likely N-dealkylation sites (tertiary alicyclic amines) is 1. The Morgan fingerprint density at radius 3 is 2.67 bits per heavy atom. The standard InChI is InChI=1S/C16H23ClN2OS/c17-13-9-11(3-6-15(13)21-12-4-5-12)16(20)14(18)10-19-7-1-2-8-19/h3,6,9,12,14,16,20H,1-2,4-5,7-8,10,18H2. The molecule has 2 unspecified atom stereocenters. The van der Waals surface area contributed by atoms with Gasteiger partial charge in [-0.15, -0.1) is 11.8 Å². The van der Waals surface area contributed by atoms with Gasteiger partial charge in [0.25, 0.3) is 0 Å². The minimum atomic E-state index is -0.650. The van der Waals surface area contributed by atoms with Crippen molar-refractivity contribution >= 4 is 23.4 Å². The fourth-order valence-electron chi connectivity index (χ4n) is 2.77. The summed E-state index contributed by atoms with van der Waals surface area (Å²) in [6.45, 7) is 2.94. The highest BCUT2D eigenvalue weighted by Gasteiger charge is 2.25. The van der Waals surface area contributed by atoms with Crippen LogP contribution in [-0.2, 0) is 0 Å². The van der Waals surface area contributed by atoms with E-state index < -0.39 is 6.10 Å². The quantitative estimate of drug-likeness (QED) is 0.843. The maximum absolute atomic E-state index is 10.4. The summed E-state index contributed by atoms with van der Waals surface area (Å²) in [5.41, 5.74) is 6.99. The molecule has 2 aliphatic rings. The first-order valence-electron chi connectivity index (χ1n) is 7.75. The molecule has 1 saturated carbocycles. The summed E-state index contributed by atoms with van der Waals surface area (Å²) in [6, 6.07) is 5.60. The summed E-state index contributed by atoms with van der Waals surface area (Å²) < 4.78 is 0. The third kappa shape index (κ3) is 4.14. The predicted octanol–water partition coefficient (Wildman–Crippen LogP) is 3.05. The summed E-state index contributed by atoms with van der Waals surface area (Å²) in [7, 11) is 0. The SMILES string of the molecule is NC(CN1CCCC1)C(O)c1ccc(SC2CC2)c(Cl)c1. The average Bonchev–Trinajstić information content (AvgIpc) is 3.14. The third-order valence-corrected chi connectivity index (χ3v) is 6.03. The summed E-state index contributed by atoms with van der Waals surface area (Å²) in [4.78, 5) is 3.44. The number of aliphatic hydroxyl groups is 1. The number of hydrogen-bond donors (Lipinski definition) is 2. The Balaban J connectivity index is 1.62. The van der Waals surface area contributed by atoms with Gasteiger partial charge in [0.15, 0.2) is 0 Å². The van der Waals surface area contributed by atoms with Gasteiger partial charge in [-0.2, -0.15) is 0 Å². The molecule has 0 spiro atoms. The second-order valence-electron chi connectivity index (χ2n) is 6.12. The van der Waals surface area contributed by atoms with E-state index >= 15 is 0 Å². The highest BCUT2D eigenvalue weighted by atomic mass is 35.5. The van der Waals surface area contributed by atoms with Gasteiger partial charge in [-0.1, -0.05) is 17.7 Å². The Labute approximate surface area is 135 Å². The van der Waals surface area contributed by atoms with Gasteiger partial charge in [-0.3, -0.25) is 0 Å². The third-order valence-electron chi connectivity index (χ3n) is 4.19. The number of nitrogens with two attached hydrogens (primary N) is 1. The van der Waals surface area contributed by atoms with E-state index in [1.54, 1.807) is 0 Å². The number of halogens is 1. The van der Waals surface area contributed by atoms with Crippen molar-refractivity contribution < 1.29 is 5.11 Å². The maximum Gasteiger partial charge on any atom is 0.0953 e. The molecule has 1 aliphatic carbocycles. The van der Waals surface area contributed by atoms with Crippen LogP contribution in [0.25, 0.3) is 0 Å². The first kappa shape index (κ1) is 15.6. The molecule has 1 saturated heterocycles. The fourth-order valence-corrected chi connectivity index (χ4v) is 4.14. The number of hydrogen-bond acceptors (Lipinski definition) is 4. The molecule has 0 amide bonds. The van der Waals surface area contributed by atoms with Crippen LogP contribution in [-0.4, -0.2) is 40.9 Å². The van der Waals surface area contributed by atoms with Gasteiger partial charge < -0.3 is 15.7 Å². The number of rotatable bonds is 6. The fraction of sp³-hybridized carbons (Fsp3) is 0.625. The van der Waals surface area contributed by atoms with Gasteiger partial charge in [-0.05, 0) is 56.5 Å². The highest BCUT2D eigenvalue weighted by molar-refractivity contribution is 8.00. The minimum absolute atomic E-state index is 0.263. The Hall–Kier alpha value is -0.260. The van der Waals surface area contributed by atoms with E-state index in [-0.39, 0.29) is 6.04 Å². The molecule has 1 aromatic carbocycles. The molecular weight excluding hydrogens is 304 g/mol. The molecule has 3 nitrogen and oxygen atoms in total. The molecule has 0 radical (unpaired) electrons. The summed E-state index contributed by atoms with van der Waals surface area (Å²) >= 11 is 8.18. The molecule has 1 aromatic rings. The van der Waals surface area contributed by atoms with Gasteiger partial charge in [0.05, 0.1) is 11.1 Å². The minimum Gasteiger partial charge on any atom is -0.387 e. The van der Waals surface area contributed by atoms with Crippen molar-refractivity contribution in [2.24, 2.45) is 5.73 Å². The Morgan fingerprint density at radius 2 is 2.05 bits per heavy atom. The lowest BCUT2D eigenvalue weighted by molar-refractivity contribution is 0.125. The highest BCUT2D eigenvalue weighted by Crippen LogP contribution is 2.42. The average molecular weight is 327 g/mol. The number of nitrogens with zero attached hydrogens (tertiary/aromatic N) is 1. The van der Waals surface area contributed by atoms with Crippen molar-refractivity contribution in [3.8, 4) is 0 Å². The van der Waals surface area contributed by atoms with Crippen LogP contribution in [0.4, 0.5) is 0 Å².